The highest BCUT2D eigenvalue weighted by Gasteiger charge is 2.15. The van der Waals surface area contributed by atoms with E-state index in [1.807, 2.05) is 0 Å². The second-order valence-corrected chi connectivity index (χ2v) is 3.60. The van der Waals surface area contributed by atoms with Crippen LogP contribution in [0.25, 0.3) is 0 Å². The first kappa shape index (κ1) is 13.4. The summed E-state index contributed by atoms with van der Waals surface area (Å²) in [5.74, 6) is -1.07. The standard InChI is InChI=1S/C10H11ClN2O4/c1-3-17-8(15)5-13-10(16)9(6(2)14)7(11)4-12-13/h4H,3,5H2,1-2H3. The summed E-state index contributed by atoms with van der Waals surface area (Å²) >= 11 is 5.68. The summed E-state index contributed by atoms with van der Waals surface area (Å²) < 4.78 is 5.52. The van der Waals surface area contributed by atoms with Crippen LogP contribution in [0.2, 0.25) is 5.02 Å². The molecule has 0 saturated carbocycles. The van der Waals surface area contributed by atoms with Gasteiger partial charge in [-0.3, -0.25) is 14.4 Å². The lowest BCUT2D eigenvalue weighted by Crippen LogP contribution is -2.31. The van der Waals surface area contributed by atoms with E-state index in [1.54, 1.807) is 6.92 Å². The quantitative estimate of drug-likeness (QED) is 0.586. The molecule has 0 saturated heterocycles. The largest absolute Gasteiger partial charge is 0.465 e. The molecule has 0 aromatic carbocycles. The van der Waals surface area contributed by atoms with Crippen molar-refractivity contribution in [3.63, 3.8) is 0 Å². The molecule has 0 spiro atoms. The maximum absolute atomic E-state index is 11.8. The van der Waals surface area contributed by atoms with Crippen molar-refractivity contribution in [3.05, 3.63) is 27.1 Å². The molecular weight excluding hydrogens is 248 g/mol. The highest BCUT2D eigenvalue weighted by atomic mass is 35.5. The number of Topliss-reactive ketones (excluding diaryl/α,β-unsaturated/α-hetero) is 1. The van der Waals surface area contributed by atoms with Crippen LogP contribution in [0, 0.1) is 0 Å². The number of nitrogens with zero attached hydrogens (tertiary/aromatic N) is 2. The van der Waals surface area contributed by atoms with Gasteiger partial charge in [-0.05, 0) is 13.8 Å². The summed E-state index contributed by atoms with van der Waals surface area (Å²) in [5, 5.41) is 3.64. The molecule has 1 aromatic heterocycles. The fourth-order valence-electron chi connectivity index (χ4n) is 1.23. The predicted molar refractivity (Wildman–Crippen MR) is 60.1 cm³/mol. The minimum atomic E-state index is -0.696. The van der Waals surface area contributed by atoms with Crippen LogP contribution in [-0.2, 0) is 16.1 Å². The minimum Gasteiger partial charge on any atom is -0.465 e. The third-order valence-electron chi connectivity index (χ3n) is 1.93. The molecule has 92 valence electrons. The van der Waals surface area contributed by atoms with Crippen LogP contribution >= 0.6 is 11.6 Å². The zero-order valence-corrected chi connectivity index (χ0v) is 10.2. The summed E-state index contributed by atoms with van der Waals surface area (Å²) in [7, 11) is 0. The zero-order chi connectivity index (χ0) is 13.0. The van der Waals surface area contributed by atoms with Crippen LogP contribution < -0.4 is 5.56 Å². The molecule has 0 unspecified atom stereocenters. The van der Waals surface area contributed by atoms with Crippen molar-refractivity contribution in [2.45, 2.75) is 20.4 Å². The van der Waals surface area contributed by atoms with Gasteiger partial charge in [-0.2, -0.15) is 5.10 Å². The molecule has 17 heavy (non-hydrogen) atoms. The third-order valence-corrected chi connectivity index (χ3v) is 2.22. The first-order valence-electron chi connectivity index (χ1n) is 4.89. The van der Waals surface area contributed by atoms with Crippen LogP contribution in [0.15, 0.2) is 11.0 Å². The maximum Gasteiger partial charge on any atom is 0.327 e. The summed E-state index contributed by atoms with van der Waals surface area (Å²) in [6, 6.07) is 0. The van der Waals surface area contributed by atoms with Gasteiger partial charge in [-0.15, -0.1) is 0 Å². The molecule has 0 aliphatic rings. The number of hydrogen-bond acceptors (Lipinski definition) is 5. The lowest BCUT2D eigenvalue weighted by molar-refractivity contribution is -0.144. The molecule has 0 radical (unpaired) electrons. The number of esters is 1. The van der Waals surface area contributed by atoms with E-state index in [0.717, 1.165) is 10.9 Å². The second-order valence-electron chi connectivity index (χ2n) is 3.19. The number of carbonyl (C=O) groups is 2. The van der Waals surface area contributed by atoms with Gasteiger partial charge in [0, 0.05) is 0 Å². The van der Waals surface area contributed by atoms with Crippen molar-refractivity contribution in [1.82, 2.24) is 9.78 Å². The molecule has 0 bridgehead atoms. The summed E-state index contributed by atoms with van der Waals surface area (Å²) in [6.07, 6.45) is 1.15. The normalized spacial score (nSPS) is 10.1. The molecule has 0 amide bonds. The molecule has 1 aromatic rings. The van der Waals surface area contributed by atoms with E-state index in [2.05, 4.69) is 9.84 Å². The van der Waals surface area contributed by atoms with Crippen molar-refractivity contribution in [1.29, 1.82) is 0 Å². The third kappa shape index (κ3) is 3.13. The van der Waals surface area contributed by atoms with Crippen LogP contribution in [0.3, 0.4) is 0 Å². The Labute approximate surface area is 102 Å². The fourth-order valence-corrected chi connectivity index (χ4v) is 1.49. The Hall–Kier alpha value is -1.69. The highest BCUT2D eigenvalue weighted by molar-refractivity contribution is 6.33. The molecule has 7 heteroatoms. The number of ketones is 1. The van der Waals surface area contributed by atoms with Gasteiger partial charge in [0.25, 0.3) is 5.56 Å². The number of halogens is 1. The van der Waals surface area contributed by atoms with Gasteiger partial charge < -0.3 is 4.74 Å². The second kappa shape index (κ2) is 5.58. The monoisotopic (exact) mass is 258 g/mol. The van der Waals surface area contributed by atoms with E-state index >= 15 is 0 Å². The molecule has 1 heterocycles. The van der Waals surface area contributed by atoms with Gasteiger partial charge in [0.2, 0.25) is 0 Å². The number of carbonyl (C=O) groups excluding carboxylic acids is 2. The average Bonchev–Trinajstić information content (AvgIpc) is 2.22. The Morgan fingerprint density at radius 1 is 1.53 bits per heavy atom. The summed E-state index contributed by atoms with van der Waals surface area (Å²) in [6.45, 7) is 2.74. The molecule has 6 nitrogen and oxygen atoms in total. The number of rotatable bonds is 4. The molecule has 0 fully saturated rings. The van der Waals surface area contributed by atoms with Gasteiger partial charge in [0.15, 0.2) is 5.78 Å². The van der Waals surface area contributed by atoms with Gasteiger partial charge in [0.05, 0.1) is 17.8 Å². The zero-order valence-electron chi connectivity index (χ0n) is 9.40. The van der Waals surface area contributed by atoms with E-state index in [1.165, 1.54) is 6.92 Å². The Balaban J connectivity index is 3.12. The van der Waals surface area contributed by atoms with E-state index in [0.29, 0.717) is 0 Å². The van der Waals surface area contributed by atoms with E-state index in [-0.39, 0.29) is 23.7 Å². The van der Waals surface area contributed by atoms with E-state index in [9.17, 15) is 14.4 Å². The van der Waals surface area contributed by atoms with Gasteiger partial charge in [-0.1, -0.05) is 11.6 Å². The van der Waals surface area contributed by atoms with Crippen molar-refractivity contribution < 1.29 is 14.3 Å². The van der Waals surface area contributed by atoms with E-state index in [4.69, 9.17) is 11.6 Å². The van der Waals surface area contributed by atoms with Crippen LogP contribution in [0.1, 0.15) is 24.2 Å². The summed E-state index contributed by atoms with van der Waals surface area (Å²) in [5.41, 5.74) is -0.871. The summed E-state index contributed by atoms with van der Waals surface area (Å²) in [4.78, 5) is 34.2. The Bertz CT molecular complexity index is 510. The molecule has 0 aliphatic heterocycles. The van der Waals surface area contributed by atoms with E-state index < -0.39 is 17.3 Å². The smallest absolute Gasteiger partial charge is 0.327 e. The Morgan fingerprint density at radius 3 is 2.71 bits per heavy atom. The number of aromatic nitrogens is 2. The van der Waals surface area contributed by atoms with Gasteiger partial charge in [0.1, 0.15) is 12.1 Å². The fraction of sp³-hybridized carbons (Fsp3) is 0.400. The Kier molecular flexibility index (Phi) is 4.39. The molecule has 0 atom stereocenters. The van der Waals surface area contributed by atoms with Crippen LogP contribution in [0.5, 0.6) is 0 Å². The predicted octanol–water partition coefficient (Wildman–Crippen LogP) is 0.662. The van der Waals surface area contributed by atoms with Crippen LogP contribution in [-0.4, -0.2) is 28.1 Å². The maximum atomic E-state index is 11.8. The SMILES string of the molecule is CCOC(=O)Cn1ncc(Cl)c(C(C)=O)c1=O. The first-order valence-corrected chi connectivity index (χ1v) is 5.27. The number of hydrogen-bond donors (Lipinski definition) is 0. The van der Waals surface area contributed by atoms with Gasteiger partial charge >= 0.3 is 5.97 Å². The van der Waals surface area contributed by atoms with Crippen molar-refractivity contribution in [2.24, 2.45) is 0 Å². The molecule has 0 aliphatic carbocycles. The van der Waals surface area contributed by atoms with Gasteiger partial charge in [-0.25, -0.2) is 4.68 Å². The first-order chi connectivity index (χ1) is 7.97. The van der Waals surface area contributed by atoms with Crippen molar-refractivity contribution in [3.8, 4) is 0 Å². The minimum absolute atomic E-state index is 0.0254. The Morgan fingerprint density at radius 2 is 2.18 bits per heavy atom. The highest BCUT2D eigenvalue weighted by Crippen LogP contribution is 2.09. The average molecular weight is 259 g/mol. The van der Waals surface area contributed by atoms with Crippen molar-refractivity contribution >= 4 is 23.4 Å². The lowest BCUT2D eigenvalue weighted by Gasteiger charge is -2.06. The van der Waals surface area contributed by atoms with Crippen molar-refractivity contribution in [2.75, 3.05) is 6.61 Å². The molecule has 1 rings (SSSR count). The molecular formula is C10H11ClN2O4. The number of ether oxygens (including phenoxy) is 1. The topological polar surface area (TPSA) is 78.3 Å². The lowest BCUT2D eigenvalue weighted by atomic mass is 10.2. The molecule has 0 N–H and O–H groups in total. The van der Waals surface area contributed by atoms with Crippen LogP contribution in [0.4, 0.5) is 0 Å².